The van der Waals surface area contributed by atoms with Crippen LogP contribution in [-0.4, -0.2) is 29.5 Å². The molecule has 0 radical (unpaired) electrons. The average molecular weight is 396 g/mol. The van der Waals surface area contributed by atoms with E-state index in [0.717, 1.165) is 10.7 Å². The lowest BCUT2D eigenvalue weighted by molar-refractivity contribution is 0.0949. The number of nitrogens with zero attached hydrogens (tertiary/aromatic N) is 2. The molecule has 1 amide bonds. The van der Waals surface area contributed by atoms with Crippen LogP contribution in [-0.2, 0) is 6.54 Å². The van der Waals surface area contributed by atoms with E-state index in [0.29, 0.717) is 28.1 Å². The molecule has 0 bridgehead atoms. The number of carbonyl (C=O) groups excluding carboxylic acids is 1. The molecule has 2 heterocycles. The highest BCUT2D eigenvalue weighted by Crippen LogP contribution is 2.35. The predicted molar refractivity (Wildman–Crippen MR) is 91.5 cm³/mol. The Morgan fingerprint density at radius 3 is 2.65 bits per heavy atom. The molecule has 0 aliphatic heterocycles. The van der Waals surface area contributed by atoms with Crippen molar-refractivity contribution in [1.82, 2.24) is 14.7 Å². The maximum atomic E-state index is 12.3. The Kier molecular flexibility index (Phi) is 4.53. The van der Waals surface area contributed by atoms with Gasteiger partial charge in [-0.05, 0) is 28.1 Å². The highest BCUT2D eigenvalue weighted by atomic mass is 79.9. The number of benzene rings is 1. The van der Waals surface area contributed by atoms with E-state index in [1.807, 2.05) is 22.2 Å². The van der Waals surface area contributed by atoms with Gasteiger partial charge in [-0.25, -0.2) is 4.98 Å². The predicted octanol–water partition coefficient (Wildman–Crippen LogP) is 3.11. The number of nitrogens with one attached hydrogen (secondary N) is 1. The molecule has 120 valence electrons. The van der Waals surface area contributed by atoms with E-state index in [4.69, 9.17) is 9.47 Å². The first-order valence-electron chi connectivity index (χ1n) is 6.73. The van der Waals surface area contributed by atoms with Gasteiger partial charge in [0.15, 0.2) is 4.96 Å². The zero-order valence-electron chi connectivity index (χ0n) is 12.5. The van der Waals surface area contributed by atoms with Crippen molar-refractivity contribution in [3.05, 3.63) is 45.6 Å². The quantitative estimate of drug-likeness (QED) is 0.720. The zero-order chi connectivity index (χ0) is 16.4. The van der Waals surface area contributed by atoms with E-state index < -0.39 is 0 Å². The molecule has 3 aromatic rings. The Morgan fingerprint density at radius 1 is 1.35 bits per heavy atom. The summed E-state index contributed by atoms with van der Waals surface area (Å²) in [7, 11) is 3.08. The number of hydrogen-bond donors (Lipinski definition) is 1. The number of amides is 1. The van der Waals surface area contributed by atoms with Crippen LogP contribution >= 0.6 is 27.3 Å². The number of methoxy groups -OCH3 is 2. The lowest BCUT2D eigenvalue weighted by Gasteiger charge is -2.11. The number of thiazole rings is 1. The molecule has 0 spiro atoms. The minimum atomic E-state index is -0.217. The van der Waals surface area contributed by atoms with Crippen LogP contribution < -0.4 is 14.8 Å². The highest BCUT2D eigenvalue weighted by molar-refractivity contribution is 9.10. The minimum Gasteiger partial charge on any atom is -0.495 e. The summed E-state index contributed by atoms with van der Waals surface area (Å²) in [5.41, 5.74) is 1.27. The fourth-order valence-corrected chi connectivity index (χ4v) is 3.41. The number of rotatable bonds is 5. The Labute approximate surface area is 145 Å². The summed E-state index contributed by atoms with van der Waals surface area (Å²) in [6.07, 6.45) is 3.83. The molecule has 0 unspecified atom stereocenters. The Balaban J connectivity index is 1.76. The van der Waals surface area contributed by atoms with Crippen molar-refractivity contribution in [1.29, 1.82) is 0 Å². The van der Waals surface area contributed by atoms with E-state index in [1.54, 1.807) is 37.7 Å². The summed E-state index contributed by atoms with van der Waals surface area (Å²) >= 11 is 4.93. The molecule has 8 heteroatoms. The average Bonchev–Trinajstić information content (AvgIpc) is 3.14. The van der Waals surface area contributed by atoms with E-state index in [-0.39, 0.29) is 5.91 Å². The Morgan fingerprint density at radius 2 is 2.04 bits per heavy atom. The van der Waals surface area contributed by atoms with Gasteiger partial charge in [-0.2, -0.15) is 0 Å². The fourth-order valence-electron chi connectivity index (χ4n) is 2.13. The first kappa shape index (κ1) is 15.8. The maximum Gasteiger partial charge on any atom is 0.251 e. The first-order chi connectivity index (χ1) is 11.1. The van der Waals surface area contributed by atoms with Gasteiger partial charge in [-0.3, -0.25) is 9.20 Å². The number of halogens is 1. The van der Waals surface area contributed by atoms with Crippen molar-refractivity contribution >= 4 is 38.1 Å². The Bertz CT molecular complexity index is 805. The van der Waals surface area contributed by atoms with E-state index in [1.165, 1.54) is 0 Å². The van der Waals surface area contributed by atoms with Crippen molar-refractivity contribution in [2.75, 3.05) is 14.2 Å². The molecule has 6 nitrogen and oxygen atoms in total. The molecule has 1 N–H and O–H groups in total. The monoisotopic (exact) mass is 395 g/mol. The fraction of sp³-hybridized carbons (Fsp3) is 0.200. The van der Waals surface area contributed by atoms with Gasteiger partial charge in [0.2, 0.25) is 0 Å². The third-order valence-corrected chi connectivity index (χ3v) is 4.83. The highest BCUT2D eigenvalue weighted by Gasteiger charge is 2.15. The van der Waals surface area contributed by atoms with E-state index >= 15 is 0 Å². The standard InChI is InChI=1S/C15H14BrN3O3S/c1-21-11-5-9(6-12(22-2)13(11)16)14(20)17-7-10-8-19-3-4-23-15(19)18-10/h3-6,8H,7H2,1-2H3,(H,17,20). The summed E-state index contributed by atoms with van der Waals surface area (Å²) in [6, 6.07) is 3.32. The summed E-state index contributed by atoms with van der Waals surface area (Å²) in [5.74, 6) is 0.861. The molecular formula is C15H14BrN3O3S. The third kappa shape index (κ3) is 3.18. The number of aromatic nitrogens is 2. The molecule has 2 aromatic heterocycles. The number of imidazole rings is 1. The maximum absolute atomic E-state index is 12.3. The van der Waals surface area contributed by atoms with E-state index in [2.05, 4.69) is 26.2 Å². The number of ether oxygens (including phenoxy) is 2. The van der Waals surface area contributed by atoms with Crippen LogP contribution in [0, 0.1) is 0 Å². The van der Waals surface area contributed by atoms with Crippen LogP contribution in [0.2, 0.25) is 0 Å². The molecule has 0 saturated carbocycles. The van der Waals surface area contributed by atoms with Gasteiger partial charge in [-0.1, -0.05) is 0 Å². The molecule has 3 rings (SSSR count). The van der Waals surface area contributed by atoms with Crippen LogP contribution in [0.25, 0.3) is 4.96 Å². The number of carbonyl (C=O) groups is 1. The molecule has 1 aromatic carbocycles. The van der Waals surface area contributed by atoms with Crippen molar-refractivity contribution < 1.29 is 14.3 Å². The topological polar surface area (TPSA) is 64.9 Å². The largest absolute Gasteiger partial charge is 0.495 e. The first-order valence-corrected chi connectivity index (χ1v) is 8.40. The molecule has 0 aliphatic carbocycles. The summed E-state index contributed by atoms with van der Waals surface area (Å²) in [6.45, 7) is 0.355. The van der Waals surface area contributed by atoms with Crippen LogP contribution in [0.15, 0.2) is 34.4 Å². The van der Waals surface area contributed by atoms with Crippen LogP contribution in [0.3, 0.4) is 0 Å². The molecule has 0 saturated heterocycles. The lowest BCUT2D eigenvalue weighted by atomic mass is 10.2. The minimum absolute atomic E-state index is 0.217. The van der Waals surface area contributed by atoms with Crippen molar-refractivity contribution in [2.24, 2.45) is 0 Å². The van der Waals surface area contributed by atoms with Crippen molar-refractivity contribution in [3.8, 4) is 11.5 Å². The van der Waals surface area contributed by atoms with Crippen LogP contribution in [0.5, 0.6) is 11.5 Å². The lowest BCUT2D eigenvalue weighted by Crippen LogP contribution is -2.23. The molecule has 0 fully saturated rings. The van der Waals surface area contributed by atoms with Gasteiger partial charge in [0.25, 0.3) is 5.91 Å². The van der Waals surface area contributed by atoms with Gasteiger partial charge < -0.3 is 14.8 Å². The SMILES string of the molecule is COc1cc(C(=O)NCc2cn3ccsc3n2)cc(OC)c1Br. The van der Waals surface area contributed by atoms with Gasteiger partial charge in [0, 0.05) is 23.3 Å². The number of fused-ring (bicyclic) bond motifs is 1. The number of hydrogen-bond acceptors (Lipinski definition) is 5. The second-order valence-electron chi connectivity index (χ2n) is 4.70. The smallest absolute Gasteiger partial charge is 0.251 e. The normalized spacial score (nSPS) is 10.7. The van der Waals surface area contributed by atoms with Gasteiger partial charge >= 0.3 is 0 Å². The van der Waals surface area contributed by atoms with Gasteiger partial charge in [-0.15, -0.1) is 11.3 Å². The zero-order valence-corrected chi connectivity index (χ0v) is 14.9. The van der Waals surface area contributed by atoms with Crippen molar-refractivity contribution in [3.63, 3.8) is 0 Å². The Hall–Kier alpha value is -2.06. The van der Waals surface area contributed by atoms with Crippen LogP contribution in [0.1, 0.15) is 16.1 Å². The van der Waals surface area contributed by atoms with E-state index in [9.17, 15) is 4.79 Å². The molecule has 23 heavy (non-hydrogen) atoms. The summed E-state index contributed by atoms with van der Waals surface area (Å²) < 4.78 is 13.1. The van der Waals surface area contributed by atoms with Gasteiger partial charge in [0.05, 0.1) is 26.5 Å². The molecule has 0 aliphatic rings. The summed E-state index contributed by atoms with van der Waals surface area (Å²) in [4.78, 5) is 17.7. The second kappa shape index (κ2) is 6.59. The van der Waals surface area contributed by atoms with Crippen LogP contribution in [0.4, 0.5) is 0 Å². The second-order valence-corrected chi connectivity index (χ2v) is 6.37. The van der Waals surface area contributed by atoms with Crippen molar-refractivity contribution in [2.45, 2.75) is 6.54 Å². The summed E-state index contributed by atoms with van der Waals surface area (Å²) in [5, 5.41) is 4.81. The third-order valence-electron chi connectivity index (χ3n) is 3.28. The molecule has 0 atom stereocenters. The van der Waals surface area contributed by atoms with Gasteiger partial charge in [0.1, 0.15) is 16.0 Å². The molecular weight excluding hydrogens is 382 g/mol.